The molecule has 4 rings (SSSR count). The van der Waals surface area contributed by atoms with E-state index < -0.39 is 17.4 Å². The number of carbonyl (C=O) groups is 1. The topological polar surface area (TPSA) is 46.5 Å². The Labute approximate surface area is 239 Å². The molecule has 40 heavy (non-hydrogen) atoms. The number of halogens is 1. The number of carbonyl (C=O) groups excluding carboxylic acids is 1. The number of esters is 1. The van der Waals surface area contributed by atoms with Crippen molar-refractivity contribution in [3.63, 3.8) is 0 Å². The van der Waals surface area contributed by atoms with Crippen molar-refractivity contribution < 1.29 is 19.0 Å². The van der Waals surface area contributed by atoms with Crippen LogP contribution in [0.3, 0.4) is 0 Å². The molecule has 1 fully saturated rings. The number of aliphatic hydroxyl groups is 1. The van der Waals surface area contributed by atoms with Crippen LogP contribution in [-0.4, -0.2) is 23.8 Å². The number of hydrogen-bond acceptors (Lipinski definition) is 3. The number of methoxy groups -OCH3 is 1. The smallest absolute Gasteiger partial charge is 0.310 e. The lowest BCUT2D eigenvalue weighted by molar-refractivity contribution is -0.139. The Hall–Kier alpha value is -2.98. The summed E-state index contributed by atoms with van der Waals surface area (Å²) in [5.74, 6) is -0.846. The highest BCUT2D eigenvalue weighted by atomic mass is 19.1. The van der Waals surface area contributed by atoms with Crippen LogP contribution in [0.5, 0.6) is 0 Å². The molecule has 1 aliphatic carbocycles. The van der Waals surface area contributed by atoms with Gasteiger partial charge in [-0.2, -0.15) is 0 Å². The van der Waals surface area contributed by atoms with Gasteiger partial charge in [-0.25, -0.2) is 4.39 Å². The molecule has 214 valence electrons. The van der Waals surface area contributed by atoms with Crippen molar-refractivity contribution in [2.75, 3.05) is 7.11 Å². The number of aryl methyl sites for hydroxylation is 3. The lowest BCUT2D eigenvalue weighted by atomic mass is 9.69. The molecule has 0 aliphatic heterocycles. The quantitative estimate of drug-likeness (QED) is 0.260. The minimum atomic E-state index is -0.496. The second-order valence-electron chi connectivity index (χ2n) is 11.8. The van der Waals surface area contributed by atoms with E-state index in [0.29, 0.717) is 5.56 Å². The van der Waals surface area contributed by atoms with Gasteiger partial charge in [0.2, 0.25) is 0 Å². The molecule has 1 N–H and O–H groups in total. The minimum Gasteiger partial charge on any atom is -0.469 e. The first-order valence-electron chi connectivity index (χ1n) is 14.9. The van der Waals surface area contributed by atoms with Crippen LogP contribution < -0.4 is 0 Å². The molecule has 0 radical (unpaired) electrons. The summed E-state index contributed by atoms with van der Waals surface area (Å²) in [6, 6.07) is 18.5. The summed E-state index contributed by atoms with van der Waals surface area (Å²) in [5.41, 5.74) is 7.81. The van der Waals surface area contributed by atoms with Gasteiger partial charge in [-0.1, -0.05) is 81.6 Å². The molecule has 1 saturated carbocycles. The first-order valence-corrected chi connectivity index (χ1v) is 14.9. The fourth-order valence-corrected chi connectivity index (χ4v) is 6.71. The van der Waals surface area contributed by atoms with Crippen LogP contribution in [-0.2, 0) is 27.8 Å². The fourth-order valence-electron chi connectivity index (χ4n) is 6.71. The Bertz CT molecular complexity index is 1330. The molecule has 0 amide bonds. The number of benzene rings is 3. The molecule has 0 spiro atoms. The average molecular weight is 545 g/mol. The van der Waals surface area contributed by atoms with Crippen LogP contribution in [0.15, 0.2) is 54.6 Å². The van der Waals surface area contributed by atoms with Crippen LogP contribution >= 0.6 is 0 Å². The van der Waals surface area contributed by atoms with E-state index in [1.807, 2.05) is 6.07 Å². The van der Waals surface area contributed by atoms with E-state index in [0.717, 1.165) is 68.1 Å². The van der Waals surface area contributed by atoms with Crippen molar-refractivity contribution in [3.05, 3.63) is 93.8 Å². The van der Waals surface area contributed by atoms with Gasteiger partial charge in [-0.05, 0) is 103 Å². The van der Waals surface area contributed by atoms with Crippen LogP contribution in [0.4, 0.5) is 4.39 Å². The zero-order valence-electron chi connectivity index (χ0n) is 24.9. The molecule has 0 saturated heterocycles. The van der Waals surface area contributed by atoms with Gasteiger partial charge in [0, 0.05) is 5.41 Å². The van der Waals surface area contributed by atoms with Crippen molar-refractivity contribution in [3.8, 4) is 11.1 Å². The molecule has 0 heterocycles. The van der Waals surface area contributed by atoms with Gasteiger partial charge in [0.15, 0.2) is 0 Å². The lowest BCUT2D eigenvalue weighted by Crippen LogP contribution is -2.31. The number of hydrogen-bond donors (Lipinski definition) is 1. The van der Waals surface area contributed by atoms with Crippen LogP contribution in [0.2, 0.25) is 0 Å². The van der Waals surface area contributed by atoms with E-state index in [9.17, 15) is 14.3 Å². The van der Waals surface area contributed by atoms with E-state index in [4.69, 9.17) is 0 Å². The SMILES string of the molecule is CCC(CC)(c1ccc(CCC2(O)CCCCC2)c(C)c1)c1ccc(-c2ccc(CC(=O)OC)c(F)c2)c(C)c1. The van der Waals surface area contributed by atoms with Gasteiger partial charge < -0.3 is 9.84 Å². The molecule has 3 aromatic carbocycles. The third-order valence-corrected chi connectivity index (χ3v) is 9.45. The van der Waals surface area contributed by atoms with E-state index in [2.05, 4.69) is 68.8 Å². The summed E-state index contributed by atoms with van der Waals surface area (Å²) >= 11 is 0. The fraction of sp³-hybridized carbons (Fsp3) is 0.472. The van der Waals surface area contributed by atoms with Gasteiger partial charge in [0.1, 0.15) is 5.82 Å². The Morgan fingerprint density at radius 1 is 0.900 bits per heavy atom. The van der Waals surface area contributed by atoms with Crippen LogP contribution in [0, 0.1) is 19.7 Å². The Morgan fingerprint density at radius 3 is 2.10 bits per heavy atom. The summed E-state index contributed by atoms with van der Waals surface area (Å²) in [5, 5.41) is 11.0. The molecule has 0 bridgehead atoms. The molecule has 3 aromatic rings. The standard InChI is InChI=1S/C36H45FO3/c1-6-36(7-2,30-14-13-27(25(3)21-30)17-20-35(39)18-9-8-10-19-35)31-15-16-32(26(4)22-31)28-11-12-29(33(37)23-28)24-34(38)40-5/h11-16,21-23,39H,6-10,17-20,24H2,1-5H3. The summed E-state index contributed by atoms with van der Waals surface area (Å²) in [6.45, 7) is 8.79. The predicted molar refractivity (Wildman–Crippen MR) is 161 cm³/mol. The molecule has 0 unspecified atom stereocenters. The van der Waals surface area contributed by atoms with Gasteiger partial charge in [0.25, 0.3) is 0 Å². The van der Waals surface area contributed by atoms with E-state index in [1.54, 1.807) is 6.07 Å². The molecule has 0 aromatic heterocycles. The number of rotatable bonds is 10. The third kappa shape index (κ3) is 6.33. The van der Waals surface area contributed by atoms with Crippen LogP contribution in [0.25, 0.3) is 11.1 Å². The van der Waals surface area contributed by atoms with Gasteiger partial charge in [0.05, 0.1) is 19.1 Å². The highest BCUT2D eigenvalue weighted by molar-refractivity contribution is 5.74. The summed E-state index contributed by atoms with van der Waals surface area (Å²) in [4.78, 5) is 11.6. The van der Waals surface area contributed by atoms with Crippen molar-refractivity contribution in [1.82, 2.24) is 0 Å². The maximum atomic E-state index is 14.8. The molecular formula is C36H45FO3. The zero-order chi connectivity index (χ0) is 28.9. The Morgan fingerprint density at radius 2 is 1.52 bits per heavy atom. The van der Waals surface area contributed by atoms with Gasteiger partial charge >= 0.3 is 5.97 Å². The molecule has 3 nitrogen and oxygen atoms in total. The minimum absolute atomic E-state index is 0.0743. The first-order chi connectivity index (χ1) is 19.1. The monoisotopic (exact) mass is 544 g/mol. The Balaban J connectivity index is 1.59. The average Bonchev–Trinajstić information content (AvgIpc) is 2.95. The predicted octanol–water partition coefficient (Wildman–Crippen LogP) is 8.56. The van der Waals surface area contributed by atoms with Crippen molar-refractivity contribution in [1.29, 1.82) is 0 Å². The maximum absolute atomic E-state index is 14.8. The second kappa shape index (κ2) is 12.7. The van der Waals surface area contributed by atoms with E-state index in [1.165, 1.54) is 41.9 Å². The first kappa shape index (κ1) is 30.0. The second-order valence-corrected chi connectivity index (χ2v) is 11.8. The molecule has 1 aliphatic rings. The summed E-state index contributed by atoms with van der Waals surface area (Å²) < 4.78 is 19.5. The molecule has 0 atom stereocenters. The van der Waals surface area contributed by atoms with E-state index >= 15 is 0 Å². The summed E-state index contributed by atoms with van der Waals surface area (Å²) in [7, 11) is 1.31. The van der Waals surface area contributed by atoms with Crippen molar-refractivity contribution in [2.45, 2.75) is 103 Å². The summed E-state index contributed by atoms with van der Waals surface area (Å²) in [6.07, 6.45) is 8.99. The molecular weight excluding hydrogens is 499 g/mol. The number of ether oxygens (including phenoxy) is 1. The Kier molecular flexibility index (Phi) is 9.51. The van der Waals surface area contributed by atoms with Crippen LogP contribution in [0.1, 0.15) is 98.6 Å². The largest absolute Gasteiger partial charge is 0.469 e. The highest BCUT2D eigenvalue weighted by Gasteiger charge is 2.32. The maximum Gasteiger partial charge on any atom is 0.310 e. The van der Waals surface area contributed by atoms with E-state index in [-0.39, 0.29) is 11.8 Å². The van der Waals surface area contributed by atoms with Gasteiger partial charge in [-0.15, -0.1) is 0 Å². The normalized spacial score (nSPS) is 15.2. The lowest BCUT2D eigenvalue weighted by Gasteiger charge is -2.35. The van der Waals surface area contributed by atoms with Crippen molar-refractivity contribution >= 4 is 5.97 Å². The highest BCUT2D eigenvalue weighted by Crippen LogP contribution is 2.41. The van der Waals surface area contributed by atoms with Crippen molar-refractivity contribution in [2.24, 2.45) is 0 Å². The van der Waals surface area contributed by atoms with Gasteiger partial charge in [-0.3, -0.25) is 4.79 Å². The molecule has 4 heteroatoms. The third-order valence-electron chi connectivity index (χ3n) is 9.45. The zero-order valence-corrected chi connectivity index (χ0v) is 24.9.